The van der Waals surface area contributed by atoms with Crippen molar-refractivity contribution < 1.29 is 17.9 Å². The molecule has 1 aromatic heterocycles. The van der Waals surface area contributed by atoms with E-state index in [0.717, 1.165) is 17.6 Å². The van der Waals surface area contributed by atoms with E-state index in [2.05, 4.69) is 4.98 Å². The van der Waals surface area contributed by atoms with Crippen LogP contribution in [0.2, 0.25) is 0 Å². The average Bonchev–Trinajstić information content (AvgIpc) is 2.64. The Morgan fingerprint density at radius 3 is 2.75 bits per heavy atom. The molecule has 1 unspecified atom stereocenters. The van der Waals surface area contributed by atoms with E-state index < -0.39 is 21.1 Å². The van der Waals surface area contributed by atoms with E-state index in [1.807, 2.05) is 0 Å². The van der Waals surface area contributed by atoms with Crippen LogP contribution in [0.5, 0.6) is 0 Å². The van der Waals surface area contributed by atoms with Crippen molar-refractivity contribution in [3.63, 3.8) is 0 Å². The second kappa shape index (κ2) is 4.92. The van der Waals surface area contributed by atoms with Gasteiger partial charge in [-0.3, -0.25) is 0 Å². The third-order valence-electron chi connectivity index (χ3n) is 2.00. The highest BCUT2D eigenvalue weighted by Crippen LogP contribution is 2.24. The molecular formula is C9H13NO4S2. The summed E-state index contributed by atoms with van der Waals surface area (Å²) in [5.74, 6) is -0.522. The second-order valence-electron chi connectivity index (χ2n) is 3.26. The lowest BCUT2D eigenvalue weighted by atomic mass is 10.4. The summed E-state index contributed by atoms with van der Waals surface area (Å²) < 4.78 is 27.3. The Hall–Kier alpha value is -0.950. The van der Waals surface area contributed by atoms with Gasteiger partial charge in [-0.2, -0.15) is 0 Å². The Kier molecular flexibility index (Phi) is 4.03. The molecule has 0 saturated carbocycles. The lowest BCUT2D eigenvalue weighted by Crippen LogP contribution is -2.09. The van der Waals surface area contributed by atoms with Crippen LogP contribution >= 0.6 is 11.3 Å². The van der Waals surface area contributed by atoms with Crippen LogP contribution in [0, 0.1) is 0 Å². The minimum atomic E-state index is -3.18. The molecule has 1 rings (SSSR count). The van der Waals surface area contributed by atoms with E-state index in [0.29, 0.717) is 5.01 Å². The van der Waals surface area contributed by atoms with Gasteiger partial charge in [0.1, 0.15) is 10.3 Å². The van der Waals surface area contributed by atoms with Gasteiger partial charge in [-0.1, -0.05) is 0 Å². The van der Waals surface area contributed by atoms with Crippen molar-refractivity contribution >= 4 is 27.1 Å². The van der Waals surface area contributed by atoms with Gasteiger partial charge in [-0.05, 0) is 13.8 Å². The Bertz CT molecular complexity index is 477. The number of ether oxygens (including phenoxy) is 1. The standard InChI is InChI=1S/C9H13NO4S2/c1-4-14-9(11)7-5-15-8(10-7)6(2)16(3,12)13/h5-6H,4H2,1-3H3. The fourth-order valence-electron chi connectivity index (χ4n) is 0.956. The summed E-state index contributed by atoms with van der Waals surface area (Å²) in [7, 11) is -3.18. The molecule has 1 heterocycles. The molecule has 1 atom stereocenters. The van der Waals surface area contributed by atoms with Crippen LogP contribution in [0.1, 0.15) is 34.6 Å². The van der Waals surface area contributed by atoms with Crippen LogP contribution in [0.4, 0.5) is 0 Å². The molecule has 90 valence electrons. The van der Waals surface area contributed by atoms with Gasteiger partial charge in [0.25, 0.3) is 0 Å². The van der Waals surface area contributed by atoms with E-state index in [1.54, 1.807) is 13.8 Å². The maximum absolute atomic E-state index is 11.3. The molecule has 0 aliphatic rings. The van der Waals surface area contributed by atoms with Crippen LogP contribution in [0.25, 0.3) is 0 Å². The predicted molar refractivity (Wildman–Crippen MR) is 61.3 cm³/mol. The first-order valence-corrected chi connectivity index (χ1v) is 7.51. The number of hydrogen-bond acceptors (Lipinski definition) is 6. The van der Waals surface area contributed by atoms with Crippen molar-refractivity contribution in [1.29, 1.82) is 0 Å². The minimum Gasteiger partial charge on any atom is -0.461 e. The lowest BCUT2D eigenvalue weighted by molar-refractivity contribution is 0.0520. The topological polar surface area (TPSA) is 73.3 Å². The van der Waals surface area contributed by atoms with Gasteiger partial charge in [0.05, 0.1) is 6.61 Å². The van der Waals surface area contributed by atoms with E-state index in [-0.39, 0.29) is 12.3 Å². The van der Waals surface area contributed by atoms with Crippen molar-refractivity contribution in [2.75, 3.05) is 12.9 Å². The molecule has 0 spiro atoms. The molecule has 0 aliphatic heterocycles. The third-order valence-corrected chi connectivity index (χ3v) is 4.68. The molecule has 16 heavy (non-hydrogen) atoms. The number of esters is 1. The molecule has 7 heteroatoms. The van der Waals surface area contributed by atoms with E-state index in [9.17, 15) is 13.2 Å². The summed E-state index contributed by atoms with van der Waals surface area (Å²) in [6, 6.07) is 0. The van der Waals surface area contributed by atoms with E-state index in [1.165, 1.54) is 5.38 Å². The zero-order valence-corrected chi connectivity index (χ0v) is 10.9. The van der Waals surface area contributed by atoms with Gasteiger partial charge in [0.2, 0.25) is 0 Å². The highest BCUT2D eigenvalue weighted by Gasteiger charge is 2.22. The van der Waals surface area contributed by atoms with Gasteiger partial charge < -0.3 is 4.74 Å². The summed E-state index contributed by atoms with van der Waals surface area (Å²) in [6.45, 7) is 3.51. The highest BCUT2D eigenvalue weighted by atomic mass is 32.2. The van der Waals surface area contributed by atoms with Gasteiger partial charge in [-0.25, -0.2) is 18.2 Å². The Labute approximate surface area is 98.4 Å². The number of nitrogens with zero attached hydrogens (tertiary/aromatic N) is 1. The zero-order valence-electron chi connectivity index (χ0n) is 9.26. The minimum absolute atomic E-state index is 0.164. The fourth-order valence-corrected chi connectivity index (χ4v) is 2.79. The number of carbonyl (C=O) groups excluding carboxylic acids is 1. The fraction of sp³-hybridized carbons (Fsp3) is 0.556. The average molecular weight is 263 g/mol. The number of rotatable bonds is 4. The summed E-state index contributed by atoms with van der Waals surface area (Å²) in [5, 5.41) is 1.22. The van der Waals surface area contributed by atoms with Crippen LogP contribution in [-0.4, -0.2) is 32.2 Å². The first-order chi connectivity index (χ1) is 7.36. The maximum atomic E-state index is 11.3. The summed E-state index contributed by atoms with van der Waals surface area (Å²) in [5.41, 5.74) is 0.164. The smallest absolute Gasteiger partial charge is 0.357 e. The predicted octanol–water partition coefficient (Wildman–Crippen LogP) is 1.43. The molecule has 0 amide bonds. The van der Waals surface area contributed by atoms with Crippen LogP contribution in [0.3, 0.4) is 0 Å². The number of carbonyl (C=O) groups is 1. The van der Waals surface area contributed by atoms with Crippen molar-refractivity contribution in [3.05, 3.63) is 16.1 Å². The van der Waals surface area contributed by atoms with E-state index >= 15 is 0 Å². The van der Waals surface area contributed by atoms with Crippen LogP contribution in [-0.2, 0) is 14.6 Å². The number of hydrogen-bond donors (Lipinski definition) is 0. The monoisotopic (exact) mass is 263 g/mol. The van der Waals surface area contributed by atoms with Gasteiger partial charge >= 0.3 is 5.97 Å². The quantitative estimate of drug-likeness (QED) is 0.768. The molecule has 0 saturated heterocycles. The van der Waals surface area contributed by atoms with Crippen molar-refractivity contribution in [2.24, 2.45) is 0 Å². The number of thiazole rings is 1. The van der Waals surface area contributed by atoms with Crippen LogP contribution < -0.4 is 0 Å². The second-order valence-corrected chi connectivity index (χ2v) is 6.52. The molecule has 0 aliphatic carbocycles. The molecular weight excluding hydrogens is 250 g/mol. The Morgan fingerprint density at radius 1 is 1.62 bits per heavy atom. The highest BCUT2D eigenvalue weighted by molar-refractivity contribution is 7.91. The van der Waals surface area contributed by atoms with Gasteiger partial charge in [-0.15, -0.1) is 11.3 Å². The molecule has 0 radical (unpaired) electrons. The summed E-state index contributed by atoms with van der Waals surface area (Å²) in [4.78, 5) is 15.3. The van der Waals surface area contributed by atoms with Crippen molar-refractivity contribution in [1.82, 2.24) is 4.98 Å². The molecule has 5 nitrogen and oxygen atoms in total. The SMILES string of the molecule is CCOC(=O)c1csc(C(C)S(C)(=O)=O)n1. The third kappa shape index (κ3) is 3.02. The van der Waals surface area contributed by atoms with Gasteiger partial charge in [0, 0.05) is 11.6 Å². The lowest BCUT2D eigenvalue weighted by Gasteiger charge is -2.04. The largest absolute Gasteiger partial charge is 0.461 e. The number of sulfone groups is 1. The molecule has 0 bridgehead atoms. The molecule has 0 fully saturated rings. The van der Waals surface area contributed by atoms with Crippen molar-refractivity contribution in [2.45, 2.75) is 19.1 Å². The molecule has 0 N–H and O–H groups in total. The van der Waals surface area contributed by atoms with Gasteiger partial charge in [0.15, 0.2) is 15.5 Å². The first-order valence-electron chi connectivity index (χ1n) is 4.67. The zero-order chi connectivity index (χ0) is 12.3. The normalized spacial score (nSPS) is 13.4. The Morgan fingerprint density at radius 2 is 2.25 bits per heavy atom. The maximum Gasteiger partial charge on any atom is 0.357 e. The molecule has 0 aromatic carbocycles. The summed E-state index contributed by atoms with van der Waals surface area (Å²) in [6.07, 6.45) is 1.14. The number of aromatic nitrogens is 1. The first kappa shape index (κ1) is 13.1. The molecule has 1 aromatic rings. The van der Waals surface area contributed by atoms with Crippen molar-refractivity contribution in [3.8, 4) is 0 Å². The van der Waals surface area contributed by atoms with E-state index in [4.69, 9.17) is 4.74 Å². The summed E-state index contributed by atoms with van der Waals surface area (Å²) >= 11 is 1.15. The van der Waals surface area contributed by atoms with Crippen LogP contribution in [0.15, 0.2) is 5.38 Å². The Balaban J connectivity index is 2.91.